The quantitative estimate of drug-likeness (QED) is 0.423. The maximum atomic E-state index is 12.7. The fourth-order valence-electron chi connectivity index (χ4n) is 2.11. The molecule has 0 spiro atoms. The maximum Gasteiger partial charge on any atom is 0.416 e. The number of ether oxygens (including phenoxy) is 1. The lowest BCUT2D eigenvalue weighted by Gasteiger charge is -2.09. The van der Waals surface area contributed by atoms with Gasteiger partial charge in [0.1, 0.15) is 11.4 Å². The van der Waals surface area contributed by atoms with Crippen LogP contribution in [0.4, 0.5) is 24.5 Å². The molecule has 0 aromatic heterocycles. The van der Waals surface area contributed by atoms with Crippen molar-refractivity contribution in [3.8, 4) is 5.75 Å². The second-order valence-electron chi connectivity index (χ2n) is 5.58. The summed E-state index contributed by atoms with van der Waals surface area (Å²) >= 11 is 0. The number of nitrogens with two attached hydrogens (primary N) is 1. The van der Waals surface area contributed by atoms with Crippen LogP contribution in [0.25, 0.3) is 0 Å². The second-order valence-corrected chi connectivity index (χ2v) is 5.58. The Hall–Kier alpha value is -3.63. The van der Waals surface area contributed by atoms with Gasteiger partial charge in [0.05, 0.1) is 16.2 Å². The fourth-order valence-corrected chi connectivity index (χ4v) is 2.11. The fraction of sp³-hybridized carbons (Fsp3) is 0.176. The summed E-state index contributed by atoms with van der Waals surface area (Å²) in [4.78, 5) is 20.8. The number of rotatable bonds is 7. The van der Waals surface area contributed by atoms with Gasteiger partial charge < -0.3 is 10.5 Å². The molecule has 0 atom stereocenters. The Kier molecular flexibility index (Phi) is 6.18. The third-order valence-corrected chi connectivity index (χ3v) is 3.52. The average Bonchev–Trinajstić information content (AvgIpc) is 2.63. The number of hydrogen-bond donors (Lipinski definition) is 2. The molecule has 148 valence electrons. The number of alkyl halides is 3. The van der Waals surface area contributed by atoms with Crippen LogP contribution in [-0.2, 0) is 11.0 Å². The van der Waals surface area contributed by atoms with E-state index in [0.717, 1.165) is 12.1 Å². The van der Waals surface area contributed by atoms with Crippen LogP contribution in [0.2, 0.25) is 0 Å². The molecule has 0 saturated carbocycles. The minimum absolute atomic E-state index is 0.182. The van der Waals surface area contributed by atoms with Crippen molar-refractivity contribution in [1.82, 2.24) is 0 Å². The van der Waals surface area contributed by atoms with E-state index in [1.807, 2.05) is 0 Å². The standard InChI is InChI=1S/C17H15F3N4O4/c1-10(11-2-5-13(6-3-11)28-9-16(21)25)22-23-14-7-4-12(17(18,19)20)8-15(14)24(26)27/h2-8,23H,9H2,1H3,(H2,21,25). The van der Waals surface area contributed by atoms with Crippen molar-refractivity contribution >= 4 is 23.0 Å². The van der Waals surface area contributed by atoms with Crippen LogP contribution in [0.5, 0.6) is 5.75 Å². The number of nitro benzene ring substituents is 1. The minimum Gasteiger partial charge on any atom is -0.484 e. The molecule has 2 rings (SSSR count). The molecule has 0 heterocycles. The molecule has 0 fully saturated rings. The largest absolute Gasteiger partial charge is 0.484 e. The van der Waals surface area contributed by atoms with Gasteiger partial charge in [-0.05, 0) is 48.9 Å². The first-order valence-electron chi connectivity index (χ1n) is 7.75. The zero-order valence-corrected chi connectivity index (χ0v) is 14.5. The van der Waals surface area contributed by atoms with E-state index in [9.17, 15) is 28.1 Å². The van der Waals surface area contributed by atoms with Gasteiger partial charge in [-0.15, -0.1) is 0 Å². The topological polar surface area (TPSA) is 120 Å². The Bertz CT molecular complexity index is 912. The molecule has 2 aromatic carbocycles. The van der Waals surface area contributed by atoms with Crippen LogP contribution in [0.15, 0.2) is 47.6 Å². The molecule has 0 bridgehead atoms. The molecular weight excluding hydrogens is 381 g/mol. The van der Waals surface area contributed by atoms with Gasteiger partial charge in [-0.1, -0.05) is 0 Å². The molecule has 3 N–H and O–H groups in total. The highest BCUT2D eigenvalue weighted by atomic mass is 19.4. The lowest BCUT2D eigenvalue weighted by Crippen LogP contribution is -2.20. The molecule has 11 heteroatoms. The van der Waals surface area contributed by atoms with Crippen LogP contribution in [-0.4, -0.2) is 23.1 Å². The van der Waals surface area contributed by atoms with Crippen LogP contribution in [0.1, 0.15) is 18.1 Å². The highest BCUT2D eigenvalue weighted by Gasteiger charge is 2.33. The molecule has 1 amide bonds. The van der Waals surface area contributed by atoms with E-state index < -0.39 is 28.3 Å². The number of primary amides is 1. The molecular formula is C17H15F3N4O4. The number of carbonyl (C=O) groups excluding carboxylic acids is 1. The molecule has 0 aliphatic rings. The van der Waals surface area contributed by atoms with Crippen molar-refractivity contribution in [3.05, 3.63) is 63.7 Å². The predicted molar refractivity (Wildman–Crippen MR) is 95.1 cm³/mol. The van der Waals surface area contributed by atoms with Gasteiger partial charge in [0.25, 0.3) is 11.6 Å². The van der Waals surface area contributed by atoms with E-state index in [2.05, 4.69) is 10.5 Å². The summed E-state index contributed by atoms with van der Waals surface area (Å²) in [6, 6.07) is 8.49. The minimum atomic E-state index is -4.69. The van der Waals surface area contributed by atoms with Crippen LogP contribution >= 0.6 is 0 Å². The third kappa shape index (κ3) is 5.43. The average molecular weight is 396 g/mol. The number of carbonyl (C=O) groups is 1. The molecule has 28 heavy (non-hydrogen) atoms. The summed E-state index contributed by atoms with van der Waals surface area (Å²) in [5.74, 6) is -0.217. The lowest BCUT2D eigenvalue weighted by molar-refractivity contribution is -0.384. The zero-order chi connectivity index (χ0) is 20.9. The number of nitrogens with one attached hydrogen (secondary N) is 1. The number of anilines is 1. The van der Waals surface area contributed by atoms with E-state index in [1.54, 1.807) is 31.2 Å². The van der Waals surface area contributed by atoms with Gasteiger partial charge in [0.15, 0.2) is 6.61 Å². The molecule has 0 radical (unpaired) electrons. The van der Waals surface area contributed by atoms with Crippen molar-refractivity contribution in [2.75, 3.05) is 12.0 Å². The van der Waals surface area contributed by atoms with E-state index in [4.69, 9.17) is 10.5 Å². The number of nitrogens with zero attached hydrogens (tertiary/aromatic N) is 2. The maximum absolute atomic E-state index is 12.7. The lowest BCUT2D eigenvalue weighted by atomic mass is 10.1. The van der Waals surface area contributed by atoms with E-state index in [1.165, 1.54) is 0 Å². The van der Waals surface area contributed by atoms with E-state index in [0.29, 0.717) is 23.1 Å². The number of amides is 1. The Morgan fingerprint density at radius 1 is 1.25 bits per heavy atom. The zero-order valence-electron chi connectivity index (χ0n) is 14.5. The van der Waals surface area contributed by atoms with Crippen molar-refractivity contribution in [2.24, 2.45) is 10.8 Å². The van der Waals surface area contributed by atoms with Gasteiger partial charge in [-0.3, -0.25) is 20.3 Å². The number of hydrazone groups is 1. The van der Waals surface area contributed by atoms with E-state index in [-0.39, 0.29) is 12.3 Å². The van der Waals surface area contributed by atoms with Gasteiger partial charge in [-0.2, -0.15) is 18.3 Å². The number of nitro groups is 1. The van der Waals surface area contributed by atoms with Crippen molar-refractivity contribution in [2.45, 2.75) is 13.1 Å². The van der Waals surface area contributed by atoms with E-state index >= 15 is 0 Å². The number of halogens is 3. The summed E-state index contributed by atoms with van der Waals surface area (Å²) in [5.41, 5.74) is 6.36. The molecule has 0 unspecified atom stereocenters. The molecule has 8 nitrogen and oxygen atoms in total. The first-order chi connectivity index (χ1) is 13.1. The SMILES string of the molecule is CC(=NNc1ccc(C(F)(F)F)cc1[N+](=O)[O-])c1ccc(OCC(N)=O)cc1. The van der Waals surface area contributed by atoms with Crippen molar-refractivity contribution < 1.29 is 27.6 Å². The smallest absolute Gasteiger partial charge is 0.416 e. The molecule has 0 aliphatic carbocycles. The summed E-state index contributed by atoms with van der Waals surface area (Å²) in [6.07, 6.45) is -4.69. The summed E-state index contributed by atoms with van der Waals surface area (Å²) in [6.45, 7) is 1.33. The summed E-state index contributed by atoms with van der Waals surface area (Å²) in [5, 5.41) is 15.0. The summed E-state index contributed by atoms with van der Waals surface area (Å²) < 4.78 is 43.3. The molecule has 0 saturated heterocycles. The van der Waals surface area contributed by atoms with Crippen LogP contribution in [0, 0.1) is 10.1 Å². The highest BCUT2D eigenvalue weighted by Crippen LogP contribution is 2.35. The Balaban J connectivity index is 2.18. The van der Waals surface area contributed by atoms with Gasteiger partial charge >= 0.3 is 6.18 Å². The van der Waals surface area contributed by atoms with Crippen molar-refractivity contribution in [1.29, 1.82) is 0 Å². The third-order valence-electron chi connectivity index (χ3n) is 3.52. The summed E-state index contributed by atoms with van der Waals surface area (Å²) in [7, 11) is 0. The Morgan fingerprint density at radius 3 is 2.43 bits per heavy atom. The van der Waals surface area contributed by atoms with Gasteiger partial charge in [-0.25, -0.2) is 0 Å². The molecule has 0 aliphatic heterocycles. The highest BCUT2D eigenvalue weighted by molar-refractivity contribution is 5.99. The first kappa shape index (κ1) is 20.7. The van der Waals surface area contributed by atoms with Gasteiger partial charge in [0, 0.05) is 6.07 Å². The number of hydrogen-bond acceptors (Lipinski definition) is 6. The first-order valence-corrected chi connectivity index (χ1v) is 7.75. The van der Waals surface area contributed by atoms with Crippen LogP contribution < -0.4 is 15.9 Å². The van der Waals surface area contributed by atoms with Gasteiger partial charge in [0.2, 0.25) is 0 Å². The number of benzene rings is 2. The molecule has 2 aromatic rings. The Morgan fingerprint density at radius 2 is 1.89 bits per heavy atom. The van der Waals surface area contributed by atoms with Crippen LogP contribution in [0.3, 0.4) is 0 Å². The monoisotopic (exact) mass is 396 g/mol. The second kappa shape index (κ2) is 8.37. The Labute approximate surface area is 156 Å². The predicted octanol–water partition coefficient (Wildman–Crippen LogP) is 3.31. The normalized spacial score (nSPS) is 11.8. The van der Waals surface area contributed by atoms with Crippen molar-refractivity contribution in [3.63, 3.8) is 0 Å².